The van der Waals surface area contributed by atoms with Gasteiger partial charge in [0.15, 0.2) is 0 Å². The van der Waals surface area contributed by atoms with Gasteiger partial charge in [-0.15, -0.1) is 0 Å². The monoisotopic (exact) mass is 660 g/mol. The number of aliphatic hydroxyl groups excluding tert-OH is 1. The van der Waals surface area contributed by atoms with Gasteiger partial charge in [0.05, 0.1) is 126 Å². The summed E-state index contributed by atoms with van der Waals surface area (Å²) in [5, 5.41) is 8.58. The van der Waals surface area contributed by atoms with Crippen molar-refractivity contribution in [2.75, 3.05) is 132 Å². The third-order valence-electron chi connectivity index (χ3n) is 6.79. The van der Waals surface area contributed by atoms with E-state index in [4.69, 9.17) is 52.5 Å². The summed E-state index contributed by atoms with van der Waals surface area (Å²) in [6, 6.07) is 8.47. The number of hydrogen-bond acceptors (Lipinski definition) is 11. The second-order valence-electron chi connectivity index (χ2n) is 11.5. The molecule has 0 saturated carbocycles. The van der Waals surface area contributed by atoms with E-state index in [1.807, 2.05) is 0 Å². The van der Waals surface area contributed by atoms with Gasteiger partial charge in [0.25, 0.3) is 0 Å². The Bertz CT molecular complexity index is 751. The quantitative estimate of drug-likeness (QED) is 0.105. The molecule has 11 nitrogen and oxygen atoms in total. The van der Waals surface area contributed by atoms with E-state index in [0.717, 1.165) is 17.6 Å². The SMILES string of the molecule is CC(C)CC(C)CC(C)c1ccc(OCCOCCOCCOCCOCCOCCOCCOCCOCCOCCO)cc1. The van der Waals surface area contributed by atoms with E-state index in [-0.39, 0.29) is 6.61 Å². The summed E-state index contributed by atoms with van der Waals surface area (Å²) in [6.45, 7) is 18.8. The van der Waals surface area contributed by atoms with E-state index in [1.54, 1.807) is 0 Å². The van der Waals surface area contributed by atoms with Crippen molar-refractivity contribution in [2.45, 2.75) is 46.5 Å². The van der Waals surface area contributed by atoms with Crippen LogP contribution in [0.5, 0.6) is 5.75 Å². The summed E-state index contributed by atoms with van der Waals surface area (Å²) >= 11 is 0. The average molecular weight is 661 g/mol. The minimum atomic E-state index is 0.0274. The van der Waals surface area contributed by atoms with Crippen LogP contribution >= 0.6 is 0 Å². The first-order valence-corrected chi connectivity index (χ1v) is 17.1. The van der Waals surface area contributed by atoms with Crippen LogP contribution in [0, 0.1) is 11.8 Å². The minimum absolute atomic E-state index is 0.0274. The van der Waals surface area contributed by atoms with Gasteiger partial charge in [-0.05, 0) is 48.3 Å². The highest BCUT2D eigenvalue weighted by Crippen LogP contribution is 2.28. The molecule has 1 aromatic carbocycles. The van der Waals surface area contributed by atoms with Crippen LogP contribution in [0.3, 0.4) is 0 Å². The molecule has 0 heterocycles. The molecule has 270 valence electrons. The highest BCUT2D eigenvalue weighted by molar-refractivity contribution is 5.29. The molecule has 0 radical (unpaired) electrons. The molecular formula is C35H64O11. The van der Waals surface area contributed by atoms with Crippen LogP contribution in [0.4, 0.5) is 0 Å². The lowest BCUT2D eigenvalue weighted by atomic mass is 9.87. The van der Waals surface area contributed by atoms with Gasteiger partial charge < -0.3 is 52.5 Å². The molecule has 1 N–H and O–H groups in total. The lowest BCUT2D eigenvalue weighted by Crippen LogP contribution is -2.15. The van der Waals surface area contributed by atoms with Crippen molar-refractivity contribution in [3.63, 3.8) is 0 Å². The minimum Gasteiger partial charge on any atom is -0.491 e. The average Bonchev–Trinajstić information content (AvgIpc) is 3.04. The van der Waals surface area contributed by atoms with Gasteiger partial charge in [0.2, 0.25) is 0 Å². The normalized spacial score (nSPS) is 13.0. The van der Waals surface area contributed by atoms with E-state index in [1.165, 1.54) is 18.4 Å². The van der Waals surface area contributed by atoms with Crippen LogP contribution in [0.25, 0.3) is 0 Å². The summed E-state index contributed by atoms with van der Waals surface area (Å²) in [5.41, 5.74) is 1.37. The molecule has 0 bridgehead atoms. The molecular weight excluding hydrogens is 596 g/mol. The Morgan fingerprint density at radius 1 is 0.435 bits per heavy atom. The van der Waals surface area contributed by atoms with Crippen LogP contribution in [0.2, 0.25) is 0 Å². The van der Waals surface area contributed by atoms with Gasteiger partial charge in [-0.1, -0.05) is 39.8 Å². The first-order chi connectivity index (χ1) is 22.5. The second-order valence-corrected chi connectivity index (χ2v) is 11.5. The zero-order chi connectivity index (χ0) is 33.3. The molecule has 0 fully saturated rings. The zero-order valence-corrected chi connectivity index (χ0v) is 29.1. The van der Waals surface area contributed by atoms with Crippen molar-refractivity contribution in [1.29, 1.82) is 0 Å². The van der Waals surface area contributed by atoms with Crippen molar-refractivity contribution in [3.05, 3.63) is 29.8 Å². The summed E-state index contributed by atoms with van der Waals surface area (Å²) in [7, 11) is 0. The Hall–Kier alpha value is -1.38. The number of aliphatic hydroxyl groups is 1. The lowest BCUT2D eigenvalue weighted by molar-refractivity contribution is -0.0258. The van der Waals surface area contributed by atoms with Gasteiger partial charge >= 0.3 is 0 Å². The topological polar surface area (TPSA) is 113 Å². The fraction of sp³-hybridized carbons (Fsp3) is 0.829. The maximum absolute atomic E-state index is 8.58. The third-order valence-corrected chi connectivity index (χ3v) is 6.79. The summed E-state index contributed by atoms with van der Waals surface area (Å²) in [6.07, 6.45) is 2.49. The number of ether oxygens (including phenoxy) is 10. The van der Waals surface area contributed by atoms with E-state index >= 15 is 0 Å². The maximum Gasteiger partial charge on any atom is 0.119 e. The molecule has 0 aliphatic heterocycles. The molecule has 0 aliphatic carbocycles. The predicted molar refractivity (Wildman–Crippen MR) is 178 cm³/mol. The Morgan fingerprint density at radius 3 is 1.09 bits per heavy atom. The molecule has 1 rings (SSSR count). The van der Waals surface area contributed by atoms with Gasteiger partial charge in [-0.25, -0.2) is 0 Å². The van der Waals surface area contributed by atoms with Gasteiger partial charge in [-0.2, -0.15) is 0 Å². The zero-order valence-electron chi connectivity index (χ0n) is 29.1. The van der Waals surface area contributed by atoms with E-state index in [2.05, 4.69) is 52.0 Å². The molecule has 2 unspecified atom stereocenters. The van der Waals surface area contributed by atoms with Crippen LogP contribution in [-0.2, 0) is 42.6 Å². The van der Waals surface area contributed by atoms with E-state index < -0.39 is 0 Å². The Balaban J connectivity index is 1.76. The molecule has 0 amide bonds. The maximum atomic E-state index is 8.58. The smallest absolute Gasteiger partial charge is 0.119 e. The van der Waals surface area contributed by atoms with Crippen LogP contribution < -0.4 is 4.74 Å². The fourth-order valence-electron chi connectivity index (χ4n) is 4.68. The van der Waals surface area contributed by atoms with Gasteiger partial charge in [0, 0.05) is 0 Å². The van der Waals surface area contributed by atoms with Crippen molar-refractivity contribution in [2.24, 2.45) is 11.8 Å². The lowest BCUT2D eigenvalue weighted by Gasteiger charge is -2.19. The molecule has 0 spiro atoms. The third kappa shape index (κ3) is 27.7. The molecule has 0 saturated heterocycles. The Kier molecular flexibility index (Phi) is 29.8. The molecule has 0 aliphatic rings. The number of benzene rings is 1. The largest absolute Gasteiger partial charge is 0.491 e. The summed E-state index contributed by atoms with van der Waals surface area (Å²) in [5.74, 6) is 2.92. The first-order valence-electron chi connectivity index (χ1n) is 17.1. The van der Waals surface area contributed by atoms with Crippen LogP contribution in [0.15, 0.2) is 24.3 Å². The molecule has 0 aromatic heterocycles. The Morgan fingerprint density at radius 2 is 0.761 bits per heavy atom. The standard InChI is InChI=1S/C35H64O11/c1-31(2)29-32(3)30-33(4)34-5-7-35(8-6-34)46-28-27-45-26-25-44-24-23-43-22-21-42-20-19-41-18-17-40-16-15-39-14-13-38-12-11-37-10-9-36/h5-8,31-33,36H,9-30H2,1-4H3. The number of rotatable bonds is 35. The summed E-state index contributed by atoms with van der Waals surface area (Å²) < 4.78 is 54.7. The predicted octanol–water partition coefficient (Wildman–Crippen LogP) is 4.38. The fourth-order valence-corrected chi connectivity index (χ4v) is 4.68. The highest BCUT2D eigenvalue weighted by Gasteiger charge is 2.12. The molecule has 1 aromatic rings. The second kappa shape index (κ2) is 32.2. The summed E-state index contributed by atoms with van der Waals surface area (Å²) in [4.78, 5) is 0. The van der Waals surface area contributed by atoms with Crippen LogP contribution in [-0.4, -0.2) is 137 Å². The van der Waals surface area contributed by atoms with Crippen LogP contribution in [0.1, 0.15) is 52.0 Å². The van der Waals surface area contributed by atoms with Crippen molar-refractivity contribution < 1.29 is 52.5 Å². The highest BCUT2D eigenvalue weighted by atomic mass is 16.6. The van der Waals surface area contributed by atoms with Gasteiger partial charge in [-0.3, -0.25) is 0 Å². The molecule has 11 heteroatoms. The molecule has 46 heavy (non-hydrogen) atoms. The Labute approximate surface area is 278 Å². The van der Waals surface area contributed by atoms with Crippen molar-refractivity contribution >= 4 is 0 Å². The van der Waals surface area contributed by atoms with E-state index in [9.17, 15) is 0 Å². The van der Waals surface area contributed by atoms with Gasteiger partial charge in [0.1, 0.15) is 12.4 Å². The first kappa shape index (κ1) is 42.6. The van der Waals surface area contributed by atoms with Crippen molar-refractivity contribution in [3.8, 4) is 5.75 Å². The van der Waals surface area contributed by atoms with Crippen molar-refractivity contribution in [1.82, 2.24) is 0 Å². The molecule has 2 atom stereocenters. The number of hydrogen-bond donors (Lipinski definition) is 1. The van der Waals surface area contributed by atoms with E-state index in [0.29, 0.717) is 131 Å².